The van der Waals surface area contributed by atoms with Gasteiger partial charge in [-0.1, -0.05) is 12.1 Å². The van der Waals surface area contributed by atoms with E-state index in [-0.39, 0.29) is 42.8 Å². The summed E-state index contributed by atoms with van der Waals surface area (Å²) in [6, 6.07) is 1.78. The molecule has 0 aliphatic heterocycles. The topological polar surface area (TPSA) is 191 Å². The zero-order valence-corrected chi connectivity index (χ0v) is 21.8. The Labute approximate surface area is 224 Å². The molecule has 6 N–H and O–H groups in total. The molecule has 0 radical (unpaired) electrons. The number of hydrogen-bond donors (Lipinski definition) is 5. The lowest BCUT2D eigenvalue weighted by Gasteiger charge is -2.50. The summed E-state index contributed by atoms with van der Waals surface area (Å²) in [5, 5.41) is 44.5. The van der Waals surface area contributed by atoms with E-state index in [4.69, 9.17) is 10.5 Å². The Balaban J connectivity index is 1.88. The lowest BCUT2D eigenvalue weighted by atomic mass is 9.58. The van der Waals surface area contributed by atoms with Gasteiger partial charge in [-0.2, -0.15) is 0 Å². The van der Waals surface area contributed by atoms with Crippen molar-refractivity contribution < 1.29 is 44.3 Å². The lowest BCUT2D eigenvalue weighted by molar-refractivity contribution is -0.148. The Morgan fingerprint density at radius 1 is 1.23 bits per heavy atom. The summed E-state index contributed by atoms with van der Waals surface area (Å²) in [7, 11) is 4.35. The van der Waals surface area contributed by atoms with Gasteiger partial charge in [0.1, 0.15) is 22.8 Å². The van der Waals surface area contributed by atoms with E-state index in [2.05, 4.69) is 6.58 Å². The lowest BCUT2D eigenvalue weighted by Crippen LogP contribution is -2.63. The molecule has 2 amide bonds. The zero-order chi connectivity index (χ0) is 29.0. The van der Waals surface area contributed by atoms with Crippen molar-refractivity contribution in [1.29, 1.82) is 0 Å². The minimum atomic E-state index is -2.70. The van der Waals surface area contributed by atoms with Crippen LogP contribution in [0.3, 0.4) is 0 Å². The molecular formula is C27H31N3O9. The molecule has 1 aromatic rings. The van der Waals surface area contributed by atoms with Gasteiger partial charge in [0.25, 0.3) is 5.91 Å². The number of methoxy groups -OCH3 is 1. The Kier molecular flexibility index (Phi) is 7.04. The van der Waals surface area contributed by atoms with Crippen LogP contribution < -0.4 is 5.73 Å². The fourth-order valence-electron chi connectivity index (χ4n) is 6.16. The molecule has 4 rings (SSSR count). The number of fused-ring (bicyclic) bond motifs is 3. The molecule has 3 aliphatic rings. The number of allylic oxidation sites excluding steroid dienone is 1. The van der Waals surface area contributed by atoms with Gasteiger partial charge in [-0.3, -0.25) is 19.3 Å². The number of phenols is 1. The predicted octanol–water partition coefficient (Wildman–Crippen LogP) is 0.875. The van der Waals surface area contributed by atoms with Gasteiger partial charge in [0.15, 0.2) is 11.4 Å². The van der Waals surface area contributed by atoms with Crippen LogP contribution in [-0.2, 0) is 27.3 Å². The van der Waals surface area contributed by atoms with Crippen LogP contribution >= 0.6 is 0 Å². The number of benzene rings is 1. The maximum absolute atomic E-state index is 13.8. The predicted molar refractivity (Wildman–Crippen MR) is 137 cm³/mol. The summed E-state index contributed by atoms with van der Waals surface area (Å²) in [6.07, 6.45) is 0.967. The molecular weight excluding hydrogens is 510 g/mol. The second kappa shape index (κ2) is 9.86. The summed E-state index contributed by atoms with van der Waals surface area (Å²) >= 11 is 0. The smallest absolute Gasteiger partial charge is 0.410 e. The van der Waals surface area contributed by atoms with E-state index in [1.807, 2.05) is 0 Å². The molecule has 12 nitrogen and oxygen atoms in total. The number of rotatable bonds is 6. The Bertz CT molecular complexity index is 1360. The number of carbonyl (C=O) groups is 4. The molecule has 0 heterocycles. The summed E-state index contributed by atoms with van der Waals surface area (Å²) in [4.78, 5) is 54.3. The number of ether oxygens (including phenoxy) is 1. The van der Waals surface area contributed by atoms with Gasteiger partial charge in [0.2, 0.25) is 5.78 Å². The molecule has 0 bridgehead atoms. The first kappa shape index (κ1) is 27.9. The van der Waals surface area contributed by atoms with Crippen molar-refractivity contribution in [3.05, 3.63) is 64.1 Å². The molecule has 0 saturated heterocycles. The zero-order valence-electron chi connectivity index (χ0n) is 21.8. The molecule has 0 unspecified atom stereocenters. The van der Waals surface area contributed by atoms with E-state index in [1.165, 1.54) is 29.1 Å². The highest BCUT2D eigenvalue weighted by Crippen LogP contribution is 2.52. The van der Waals surface area contributed by atoms with E-state index in [0.717, 1.165) is 0 Å². The molecule has 0 fully saturated rings. The number of aliphatic hydroxyl groups is 3. The van der Waals surface area contributed by atoms with Crippen LogP contribution in [0.25, 0.3) is 0 Å². The highest BCUT2D eigenvalue weighted by atomic mass is 16.5. The highest BCUT2D eigenvalue weighted by Gasteiger charge is 2.63. The summed E-state index contributed by atoms with van der Waals surface area (Å²) < 4.78 is 4.83. The van der Waals surface area contributed by atoms with Gasteiger partial charge in [0.05, 0.1) is 18.7 Å². The van der Waals surface area contributed by atoms with Crippen molar-refractivity contribution in [2.45, 2.75) is 31.0 Å². The van der Waals surface area contributed by atoms with Crippen molar-refractivity contribution in [2.75, 3.05) is 27.7 Å². The van der Waals surface area contributed by atoms with E-state index >= 15 is 0 Å². The fourth-order valence-corrected chi connectivity index (χ4v) is 6.16. The number of phenolic OH excluding ortho intramolecular Hbond substituents is 1. The molecule has 0 spiro atoms. The standard InChI is InChI=1S/C27H31N3O9/c1-5-8-30(26(37)39-4)11-12-6-7-16(31)18-14(12)9-13-10-15-20(29(2)3)22(33)19(25(28)36)24(35)27(15,38)23(34)17(13)21(18)32/h5-7,13,15,20,31,33-34,38H,1,8-11H2,2-4H3,(H2,28,36)/t13-,15-,20-,27-/m0/s1. The average molecular weight is 542 g/mol. The molecule has 12 heteroatoms. The normalized spacial score (nSPS) is 26.1. The molecule has 39 heavy (non-hydrogen) atoms. The summed E-state index contributed by atoms with van der Waals surface area (Å²) in [6.45, 7) is 3.83. The van der Waals surface area contributed by atoms with Crippen molar-refractivity contribution in [3.8, 4) is 5.75 Å². The van der Waals surface area contributed by atoms with Crippen molar-refractivity contribution in [1.82, 2.24) is 9.80 Å². The monoisotopic (exact) mass is 541 g/mol. The minimum Gasteiger partial charge on any atom is -0.510 e. The number of likely N-dealkylation sites (N-methyl/N-ethyl adjacent to an activating group) is 1. The molecule has 208 valence electrons. The maximum Gasteiger partial charge on any atom is 0.410 e. The van der Waals surface area contributed by atoms with Crippen molar-refractivity contribution in [2.24, 2.45) is 17.6 Å². The Morgan fingerprint density at radius 2 is 1.90 bits per heavy atom. The van der Waals surface area contributed by atoms with Gasteiger partial charge < -0.3 is 35.8 Å². The van der Waals surface area contributed by atoms with Crippen LogP contribution in [-0.4, -0.2) is 93.2 Å². The van der Waals surface area contributed by atoms with Crippen LogP contribution in [0.15, 0.2) is 47.5 Å². The van der Waals surface area contributed by atoms with Gasteiger partial charge in [-0.15, -0.1) is 6.58 Å². The third-order valence-electron chi connectivity index (χ3n) is 7.85. The summed E-state index contributed by atoms with van der Waals surface area (Å²) in [5.74, 6) is -7.18. The number of hydrogen-bond acceptors (Lipinski definition) is 10. The Hall–Kier alpha value is -4.16. The first-order chi connectivity index (χ1) is 18.3. The van der Waals surface area contributed by atoms with Crippen LogP contribution in [0.1, 0.15) is 27.9 Å². The molecule has 1 aromatic carbocycles. The maximum atomic E-state index is 13.8. The van der Waals surface area contributed by atoms with E-state index in [1.54, 1.807) is 20.2 Å². The first-order valence-corrected chi connectivity index (χ1v) is 12.2. The van der Waals surface area contributed by atoms with Gasteiger partial charge in [-0.05, 0) is 50.0 Å². The Morgan fingerprint density at radius 3 is 2.46 bits per heavy atom. The fraction of sp³-hybridized carbons (Fsp3) is 0.407. The minimum absolute atomic E-state index is 0.0318. The number of aliphatic hydroxyl groups excluding tert-OH is 2. The number of amides is 2. The number of primary amides is 1. The van der Waals surface area contributed by atoms with Crippen LogP contribution in [0.2, 0.25) is 0 Å². The molecule has 4 atom stereocenters. The first-order valence-electron chi connectivity index (χ1n) is 12.2. The number of nitrogens with two attached hydrogens (primary N) is 1. The quantitative estimate of drug-likeness (QED) is 0.255. The third kappa shape index (κ3) is 4.07. The van der Waals surface area contributed by atoms with Gasteiger partial charge in [0, 0.05) is 24.6 Å². The van der Waals surface area contributed by atoms with Crippen LogP contribution in [0.4, 0.5) is 4.79 Å². The number of Topliss-reactive ketones (excluding diaryl/α,β-unsaturated/α-hetero) is 2. The van der Waals surface area contributed by atoms with Crippen molar-refractivity contribution in [3.63, 3.8) is 0 Å². The van der Waals surface area contributed by atoms with E-state index in [9.17, 15) is 39.6 Å². The van der Waals surface area contributed by atoms with E-state index < -0.39 is 64.1 Å². The summed E-state index contributed by atoms with van der Waals surface area (Å²) in [5.41, 5.74) is 2.38. The van der Waals surface area contributed by atoms with Crippen molar-refractivity contribution >= 4 is 23.6 Å². The number of aromatic hydroxyl groups is 1. The number of carbonyl (C=O) groups excluding carboxylic acids is 4. The number of nitrogens with zero attached hydrogens (tertiary/aromatic N) is 2. The molecule has 0 aromatic heterocycles. The third-order valence-corrected chi connectivity index (χ3v) is 7.85. The van der Waals surface area contributed by atoms with Crippen LogP contribution in [0.5, 0.6) is 5.75 Å². The SMILES string of the molecule is C=CCN(Cc1ccc(O)c2c1C[C@H]1C[C@H]3[C@H](N(C)C)C(O)=C(C(N)=O)C(=O)[C@@]3(O)C(O)=C1C2=O)C(=O)OC. The molecule has 0 saturated carbocycles. The second-order valence-corrected chi connectivity index (χ2v) is 10.2. The van der Waals surface area contributed by atoms with Gasteiger partial charge in [-0.25, -0.2) is 4.79 Å². The number of ketones is 2. The molecule has 3 aliphatic carbocycles. The van der Waals surface area contributed by atoms with E-state index in [0.29, 0.717) is 11.1 Å². The average Bonchev–Trinajstić information content (AvgIpc) is 2.86. The highest BCUT2D eigenvalue weighted by molar-refractivity contribution is 6.24. The van der Waals surface area contributed by atoms with Gasteiger partial charge >= 0.3 is 6.09 Å². The van der Waals surface area contributed by atoms with Crippen LogP contribution in [0, 0.1) is 11.8 Å². The second-order valence-electron chi connectivity index (χ2n) is 10.2. The largest absolute Gasteiger partial charge is 0.510 e.